The van der Waals surface area contributed by atoms with Gasteiger partial charge < -0.3 is 20.0 Å². The van der Waals surface area contributed by atoms with Gasteiger partial charge >= 0.3 is 18.0 Å². The lowest BCUT2D eigenvalue weighted by Gasteiger charge is -2.22. The monoisotopic (exact) mass is 344 g/mol. The Morgan fingerprint density at radius 3 is 2.21 bits per heavy atom. The molecule has 0 saturated carbocycles. The smallest absolute Gasteiger partial charge is 0.408 e. The molecule has 134 valence electrons. The van der Waals surface area contributed by atoms with Crippen molar-refractivity contribution in [3.8, 4) is 0 Å². The number of alkyl carbamates (subject to hydrolysis) is 1. The van der Waals surface area contributed by atoms with Crippen molar-refractivity contribution in [2.24, 2.45) is 0 Å². The number of aliphatic carboxylic acids is 1. The summed E-state index contributed by atoms with van der Waals surface area (Å²) in [4.78, 5) is 61.5. The van der Waals surface area contributed by atoms with E-state index in [9.17, 15) is 24.0 Å². The first kappa shape index (κ1) is 19.4. The number of hydroxylamine groups is 2. The van der Waals surface area contributed by atoms with E-state index in [0.29, 0.717) is 5.06 Å². The van der Waals surface area contributed by atoms with Gasteiger partial charge in [0.15, 0.2) is 0 Å². The van der Waals surface area contributed by atoms with Gasteiger partial charge in [-0.2, -0.15) is 0 Å². The zero-order valence-corrected chi connectivity index (χ0v) is 13.7. The largest absolute Gasteiger partial charge is 0.480 e. The molecule has 1 fully saturated rings. The van der Waals surface area contributed by atoms with Crippen molar-refractivity contribution in [1.29, 1.82) is 0 Å². The third kappa shape index (κ3) is 6.23. The molecule has 1 aliphatic heterocycles. The van der Waals surface area contributed by atoms with Crippen molar-refractivity contribution in [3.63, 3.8) is 0 Å². The van der Waals surface area contributed by atoms with Crippen LogP contribution in [0.25, 0.3) is 0 Å². The Kier molecular flexibility index (Phi) is 6.27. The molecule has 2 N–H and O–H groups in total. The fourth-order valence-electron chi connectivity index (χ4n) is 1.77. The molecule has 0 aliphatic carbocycles. The van der Waals surface area contributed by atoms with E-state index in [1.165, 1.54) is 0 Å². The van der Waals surface area contributed by atoms with Gasteiger partial charge in [0, 0.05) is 12.8 Å². The molecule has 1 aliphatic rings. The predicted octanol–water partition coefficient (Wildman–Crippen LogP) is 0.352. The first-order valence-electron chi connectivity index (χ1n) is 7.28. The number of ether oxygens (including phenoxy) is 1. The minimum atomic E-state index is -1.38. The predicted molar refractivity (Wildman–Crippen MR) is 77.2 cm³/mol. The van der Waals surface area contributed by atoms with Crippen LogP contribution in [0.4, 0.5) is 4.79 Å². The Labute approximate surface area is 138 Å². The van der Waals surface area contributed by atoms with Gasteiger partial charge in [-0.25, -0.2) is 14.4 Å². The number of hydrogen-bond acceptors (Lipinski definition) is 7. The molecule has 0 spiro atoms. The molecule has 1 atom stereocenters. The molecule has 10 heteroatoms. The van der Waals surface area contributed by atoms with Gasteiger partial charge in [0.25, 0.3) is 11.8 Å². The van der Waals surface area contributed by atoms with E-state index in [2.05, 4.69) is 10.2 Å². The van der Waals surface area contributed by atoms with Crippen molar-refractivity contribution in [3.05, 3.63) is 0 Å². The third-order valence-corrected chi connectivity index (χ3v) is 2.83. The van der Waals surface area contributed by atoms with Crippen LogP contribution in [-0.4, -0.2) is 51.7 Å². The van der Waals surface area contributed by atoms with Crippen LogP contribution in [0.2, 0.25) is 0 Å². The maximum Gasteiger partial charge on any atom is 0.408 e. The van der Waals surface area contributed by atoms with Crippen LogP contribution in [-0.2, 0) is 28.8 Å². The van der Waals surface area contributed by atoms with Crippen LogP contribution in [0, 0.1) is 0 Å². The van der Waals surface area contributed by atoms with Crippen LogP contribution in [0.3, 0.4) is 0 Å². The molecular weight excluding hydrogens is 324 g/mol. The molecule has 24 heavy (non-hydrogen) atoms. The lowest BCUT2D eigenvalue weighted by Crippen LogP contribution is -2.44. The normalized spacial score (nSPS) is 15.9. The second kappa shape index (κ2) is 7.75. The van der Waals surface area contributed by atoms with Gasteiger partial charge in [0.2, 0.25) is 0 Å². The second-order valence-electron chi connectivity index (χ2n) is 6.12. The summed E-state index contributed by atoms with van der Waals surface area (Å²) in [5.74, 6) is -3.57. The highest BCUT2D eigenvalue weighted by Crippen LogP contribution is 2.13. The maximum absolute atomic E-state index is 11.6. The van der Waals surface area contributed by atoms with Crippen molar-refractivity contribution in [2.75, 3.05) is 0 Å². The zero-order chi connectivity index (χ0) is 18.5. The van der Waals surface area contributed by atoms with E-state index in [1.54, 1.807) is 20.8 Å². The van der Waals surface area contributed by atoms with E-state index in [1.807, 2.05) is 0 Å². The number of hydrogen-bond donors (Lipinski definition) is 2. The van der Waals surface area contributed by atoms with E-state index in [0.717, 1.165) is 0 Å². The van der Waals surface area contributed by atoms with Crippen LogP contribution >= 0.6 is 0 Å². The van der Waals surface area contributed by atoms with E-state index < -0.39 is 47.9 Å². The number of rotatable bonds is 6. The average Bonchev–Trinajstić information content (AvgIpc) is 2.73. The number of nitrogens with one attached hydrogen (secondary N) is 1. The van der Waals surface area contributed by atoms with Crippen LogP contribution in [0.15, 0.2) is 0 Å². The van der Waals surface area contributed by atoms with Gasteiger partial charge in [-0.3, -0.25) is 9.59 Å². The number of carbonyl (C=O) groups excluding carboxylic acids is 4. The van der Waals surface area contributed by atoms with Gasteiger partial charge in [-0.1, -0.05) is 0 Å². The van der Waals surface area contributed by atoms with Crippen molar-refractivity contribution in [1.82, 2.24) is 10.4 Å². The quantitative estimate of drug-likeness (QED) is 0.658. The first-order valence-corrected chi connectivity index (χ1v) is 7.28. The van der Waals surface area contributed by atoms with Gasteiger partial charge in [-0.15, -0.1) is 5.06 Å². The Balaban J connectivity index is 2.50. The summed E-state index contributed by atoms with van der Waals surface area (Å²) in [7, 11) is 0. The number of carbonyl (C=O) groups is 5. The summed E-state index contributed by atoms with van der Waals surface area (Å²) >= 11 is 0. The number of carboxylic acids is 1. The van der Waals surface area contributed by atoms with Crippen molar-refractivity contribution >= 4 is 29.8 Å². The summed E-state index contributed by atoms with van der Waals surface area (Å²) in [6, 6.07) is -1.38. The van der Waals surface area contributed by atoms with Gasteiger partial charge in [0.05, 0.1) is 6.42 Å². The molecule has 0 aromatic heterocycles. The molecular formula is C14H20N2O8. The lowest BCUT2D eigenvalue weighted by atomic mass is 10.1. The Hall–Kier alpha value is -2.65. The molecule has 0 aromatic rings. The first-order chi connectivity index (χ1) is 11.0. The topological polar surface area (TPSA) is 139 Å². The maximum atomic E-state index is 11.6. The molecule has 3 amide bonds. The Morgan fingerprint density at radius 2 is 1.75 bits per heavy atom. The SMILES string of the molecule is CC(C)(C)OC(=O)N[C@@H](CCC(=O)ON1C(=O)CCC1=O)C(=O)O. The fourth-order valence-corrected chi connectivity index (χ4v) is 1.77. The number of nitrogens with zero attached hydrogens (tertiary/aromatic N) is 1. The van der Waals surface area contributed by atoms with Crippen LogP contribution < -0.4 is 5.32 Å². The highest BCUT2D eigenvalue weighted by Gasteiger charge is 2.33. The highest BCUT2D eigenvalue weighted by molar-refractivity contribution is 6.01. The van der Waals surface area contributed by atoms with Crippen LogP contribution in [0.1, 0.15) is 46.5 Å². The molecule has 1 rings (SSSR count). The third-order valence-electron chi connectivity index (χ3n) is 2.83. The molecule has 0 bridgehead atoms. The molecule has 10 nitrogen and oxygen atoms in total. The minimum Gasteiger partial charge on any atom is -0.480 e. The summed E-state index contributed by atoms with van der Waals surface area (Å²) in [6.45, 7) is 4.84. The Bertz CT molecular complexity index is 535. The van der Waals surface area contributed by atoms with E-state index in [4.69, 9.17) is 9.84 Å². The summed E-state index contributed by atoms with van der Waals surface area (Å²) < 4.78 is 4.93. The lowest BCUT2D eigenvalue weighted by molar-refractivity contribution is -0.197. The standard InChI is InChI=1S/C14H20N2O8/c1-14(2,3)23-13(22)15-8(12(20)21)4-7-11(19)24-16-9(17)5-6-10(16)18/h8H,4-7H2,1-3H3,(H,15,22)(H,20,21)/t8-/m0/s1. The van der Waals surface area contributed by atoms with E-state index in [-0.39, 0.29) is 19.3 Å². The molecule has 1 saturated heterocycles. The molecule has 1 heterocycles. The second-order valence-corrected chi connectivity index (χ2v) is 6.12. The van der Waals surface area contributed by atoms with Gasteiger partial charge in [-0.05, 0) is 27.2 Å². The number of imide groups is 1. The Morgan fingerprint density at radius 1 is 1.21 bits per heavy atom. The zero-order valence-electron chi connectivity index (χ0n) is 13.7. The number of amides is 3. The van der Waals surface area contributed by atoms with Crippen LogP contribution in [0.5, 0.6) is 0 Å². The van der Waals surface area contributed by atoms with E-state index >= 15 is 0 Å². The summed E-state index contributed by atoms with van der Waals surface area (Å²) in [5, 5.41) is 11.6. The molecule has 0 radical (unpaired) electrons. The molecule has 0 aromatic carbocycles. The van der Waals surface area contributed by atoms with Crippen molar-refractivity contribution < 1.29 is 38.7 Å². The highest BCUT2D eigenvalue weighted by atomic mass is 16.7. The summed E-state index contributed by atoms with van der Waals surface area (Å²) in [6.07, 6.45) is -1.71. The van der Waals surface area contributed by atoms with Crippen molar-refractivity contribution in [2.45, 2.75) is 58.1 Å². The summed E-state index contributed by atoms with van der Waals surface area (Å²) in [5.41, 5.74) is -0.803. The van der Waals surface area contributed by atoms with Gasteiger partial charge in [0.1, 0.15) is 11.6 Å². The molecule has 0 unspecified atom stereocenters. The fraction of sp³-hybridized carbons (Fsp3) is 0.643. The number of carboxylic acid groups (broad SMARTS) is 1. The minimum absolute atomic E-state index is 0.0376. The average molecular weight is 344 g/mol.